The third-order valence-corrected chi connectivity index (χ3v) is 5.92. The molecule has 1 aliphatic heterocycles. The fourth-order valence-electron chi connectivity index (χ4n) is 3.38. The first-order valence-electron chi connectivity index (χ1n) is 9.97. The molecule has 8 nitrogen and oxygen atoms in total. The van der Waals surface area contributed by atoms with Crippen LogP contribution in [0.4, 0.5) is 5.13 Å². The van der Waals surface area contributed by atoms with Gasteiger partial charge in [-0.1, -0.05) is 47.7 Å². The van der Waals surface area contributed by atoms with Crippen molar-refractivity contribution in [1.82, 2.24) is 20.0 Å². The van der Waals surface area contributed by atoms with Crippen LogP contribution in [-0.2, 0) is 4.79 Å². The van der Waals surface area contributed by atoms with E-state index in [1.165, 1.54) is 11.3 Å². The zero-order valence-corrected chi connectivity index (χ0v) is 18.0. The van der Waals surface area contributed by atoms with Crippen molar-refractivity contribution in [2.45, 2.75) is 0 Å². The van der Waals surface area contributed by atoms with E-state index in [1.807, 2.05) is 47.4 Å². The molecule has 0 unspecified atom stereocenters. The number of nitrogens with zero attached hydrogens (tertiary/aromatic N) is 4. The molecule has 0 saturated carbocycles. The van der Waals surface area contributed by atoms with Gasteiger partial charge in [-0.05, 0) is 18.2 Å². The maximum absolute atomic E-state index is 12.7. The minimum Gasteiger partial charge on any atom is -0.497 e. The number of piperazine rings is 1. The van der Waals surface area contributed by atoms with Gasteiger partial charge in [0.2, 0.25) is 11.0 Å². The number of amides is 2. The normalized spacial score (nSPS) is 14.3. The number of anilines is 1. The van der Waals surface area contributed by atoms with Crippen LogP contribution in [-0.4, -0.2) is 71.6 Å². The lowest BCUT2D eigenvalue weighted by atomic mass is 10.1. The highest BCUT2D eigenvalue weighted by atomic mass is 32.1. The fraction of sp³-hybridized carbons (Fsp3) is 0.273. The van der Waals surface area contributed by atoms with Gasteiger partial charge in [0, 0.05) is 37.3 Å². The minimum atomic E-state index is -0.136. The molecular formula is C22H23N5O3S. The molecule has 4 rings (SSSR count). The van der Waals surface area contributed by atoms with Gasteiger partial charge in [0.25, 0.3) is 5.91 Å². The average molecular weight is 438 g/mol. The topological polar surface area (TPSA) is 87.7 Å². The highest BCUT2D eigenvalue weighted by molar-refractivity contribution is 7.18. The van der Waals surface area contributed by atoms with Crippen molar-refractivity contribution in [2.24, 2.45) is 0 Å². The predicted octanol–water partition coefficient (Wildman–Crippen LogP) is 2.61. The summed E-state index contributed by atoms with van der Waals surface area (Å²) >= 11 is 1.35. The summed E-state index contributed by atoms with van der Waals surface area (Å²) in [5.41, 5.74) is 1.58. The van der Waals surface area contributed by atoms with Crippen molar-refractivity contribution < 1.29 is 14.3 Å². The molecule has 0 spiro atoms. The highest BCUT2D eigenvalue weighted by Gasteiger charge is 2.24. The summed E-state index contributed by atoms with van der Waals surface area (Å²) in [6.07, 6.45) is 0. The Morgan fingerprint density at radius 1 is 1.03 bits per heavy atom. The van der Waals surface area contributed by atoms with Gasteiger partial charge in [0.15, 0.2) is 0 Å². The number of methoxy groups -OCH3 is 1. The van der Waals surface area contributed by atoms with E-state index in [9.17, 15) is 9.59 Å². The Bertz CT molecular complexity index is 1050. The molecule has 0 bridgehead atoms. The first kappa shape index (κ1) is 21.0. The Hall–Kier alpha value is -3.30. The zero-order valence-electron chi connectivity index (χ0n) is 17.2. The van der Waals surface area contributed by atoms with Crippen LogP contribution in [0.1, 0.15) is 10.4 Å². The van der Waals surface area contributed by atoms with Gasteiger partial charge in [0.1, 0.15) is 10.8 Å². The first-order valence-corrected chi connectivity index (χ1v) is 10.8. The van der Waals surface area contributed by atoms with E-state index in [-0.39, 0.29) is 18.4 Å². The smallest absolute Gasteiger partial charge is 0.254 e. The number of rotatable bonds is 6. The van der Waals surface area contributed by atoms with Crippen LogP contribution in [0.25, 0.3) is 10.6 Å². The number of carbonyl (C=O) groups excluding carboxylic acids is 2. The molecule has 1 saturated heterocycles. The molecular weight excluding hydrogens is 414 g/mol. The summed E-state index contributed by atoms with van der Waals surface area (Å²) in [4.78, 5) is 29.0. The average Bonchev–Trinajstić information content (AvgIpc) is 3.28. The van der Waals surface area contributed by atoms with Crippen molar-refractivity contribution in [3.05, 3.63) is 60.2 Å². The SMILES string of the molecule is COc1cccc(C(=O)N2CCN(CC(=O)Nc3nnc(-c4ccccc4)s3)CC2)c1. The van der Waals surface area contributed by atoms with Gasteiger partial charge in [0.05, 0.1) is 13.7 Å². The van der Waals surface area contributed by atoms with E-state index in [2.05, 4.69) is 15.5 Å². The second kappa shape index (κ2) is 9.67. The Kier molecular flexibility index (Phi) is 6.54. The molecule has 2 heterocycles. The van der Waals surface area contributed by atoms with Gasteiger partial charge in [-0.25, -0.2) is 0 Å². The van der Waals surface area contributed by atoms with Crippen LogP contribution in [0.3, 0.4) is 0 Å². The van der Waals surface area contributed by atoms with Crippen LogP contribution >= 0.6 is 11.3 Å². The van der Waals surface area contributed by atoms with E-state index in [0.717, 1.165) is 10.6 Å². The van der Waals surface area contributed by atoms with Crippen LogP contribution in [0, 0.1) is 0 Å². The molecule has 0 radical (unpaired) electrons. The van der Waals surface area contributed by atoms with Crippen LogP contribution in [0.2, 0.25) is 0 Å². The van der Waals surface area contributed by atoms with Crippen molar-refractivity contribution in [3.63, 3.8) is 0 Å². The van der Waals surface area contributed by atoms with Gasteiger partial charge in [-0.2, -0.15) is 0 Å². The van der Waals surface area contributed by atoms with E-state index in [4.69, 9.17) is 4.74 Å². The van der Waals surface area contributed by atoms with Crippen molar-refractivity contribution in [1.29, 1.82) is 0 Å². The molecule has 0 aliphatic carbocycles. The predicted molar refractivity (Wildman–Crippen MR) is 119 cm³/mol. The molecule has 160 valence electrons. The van der Waals surface area contributed by atoms with Gasteiger partial charge < -0.3 is 9.64 Å². The van der Waals surface area contributed by atoms with E-state index < -0.39 is 0 Å². The van der Waals surface area contributed by atoms with E-state index in [1.54, 1.807) is 24.1 Å². The standard InChI is InChI=1S/C22H23N5O3S/c1-30-18-9-5-8-17(14-18)21(29)27-12-10-26(11-13-27)15-19(28)23-22-25-24-20(31-22)16-6-3-2-4-7-16/h2-9,14H,10-13,15H2,1H3,(H,23,25,28). The Morgan fingerprint density at radius 2 is 1.81 bits per heavy atom. The molecule has 1 aromatic heterocycles. The van der Waals surface area contributed by atoms with Crippen LogP contribution in [0.5, 0.6) is 5.75 Å². The number of nitrogens with one attached hydrogen (secondary N) is 1. The van der Waals surface area contributed by atoms with Gasteiger partial charge in [-0.3, -0.25) is 19.8 Å². The number of aromatic nitrogens is 2. The van der Waals surface area contributed by atoms with Gasteiger partial charge in [-0.15, -0.1) is 10.2 Å². The lowest BCUT2D eigenvalue weighted by molar-refractivity contribution is -0.117. The molecule has 1 fully saturated rings. The maximum Gasteiger partial charge on any atom is 0.254 e. The summed E-state index contributed by atoms with van der Waals surface area (Å²) in [6, 6.07) is 16.9. The number of carbonyl (C=O) groups is 2. The first-order chi connectivity index (χ1) is 15.1. The summed E-state index contributed by atoms with van der Waals surface area (Å²) in [5, 5.41) is 12.3. The quantitative estimate of drug-likeness (QED) is 0.638. The summed E-state index contributed by atoms with van der Waals surface area (Å²) in [5.74, 6) is 0.502. The summed E-state index contributed by atoms with van der Waals surface area (Å²) < 4.78 is 5.20. The van der Waals surface area contributed by atoms with Gasteiger partial charge >= 0.3 is 0 Å². The summed E-state index contributed by atoms with van der Waals surface area (Å²) in [6.45, 7) is 2.66. The lowest BCUT2D eigenvalue weighted by Crippen LogP contribution is -2.50. The van der Waals surface area contributed by atoms with Crippen molar-refractivity contribution in [3.8, 4) is 16.3 Å². The number of hydrogen-bond donors (Lipinski definition) is 1. The zero-order chi connectivity index (χ0) is 21.6. The summed E-state index contributed by atoms with van der Waals surface area (Å²) in [7, 11) is 1.58. The molecule has 9 heteroatoms. The third kappa shape index (κ3) is 5.25. The number of benzene rings is 2. The molecule has 0 atom stereocenters. The van der Waals surface area contributed by atoms with Crippen LogP contribution < -0.4 is 10.1 Å². The minimum absolute atomic E-state index is 0.0229. The van der Waals surface area contributed by atoms with Crippen molar-refractivity contribution >= 4 is 28.3 Å². The Morgan fingerprint density at radius 3 is 2.55 bits per heavy atom. The van der Waals surface area contributed by atoms with Crippen molar-refractivity contribution in [2.75, 3.05) is 45.2 Å². The second-order valence-corrected chi connectivity index (χ2v) is 8.10. The Labute approximate surface area is 184 Å². The number of hydrogen-bond acceptors (Lipinski definition) is 7. The fourth-order valence-corrected chi connectivity index (χ4v) is 4.15. The van der Waals surface area contributed by atoms with E-state index >= 15 is 0 Å². The molecule has 2 aromatic carbocycles. The second-order valence-electron chi connectivity index (χ2n) is 7.13. The third-order valence-electron chi connectivity index (χ3n) is 5.04. The number of ether oxygens (including phenoxy) is 1. The Balaban J connectivity index is 1.26. The monoisotopic (exact) mass is 437 g/mol. The van der Waals surface area contributed by atoms with Crippen LogP contribution in [0.15, 0.2) is 54.6 Å². The molecule has 3 aromatic rings. The largest absolute Gasteiger partial charge is 0.497 e. The maximum atomic E-state index is 12.7. The molecule has 2 amide bonds. The molecule has 1 N–H and O–H groups in total. The lowest BCUT2D eigenvalue weighted by Gasteiger charge is -2.34. The molecule has 31 heavy (non-hydrogen) atoms. The van der Waals surface area contributed by atoms with E-state index in [0.29, 0.717) is 42.6 Å². The highest BCUT2D eigenvalue weighted by Crippen LogP contribution is 2.25. The molecule has 1 aliphatic rings.